The number of carbonyl (C=O) groups excluding carboxylic acids is 1. The van der Waals surface area contributed by atoms with Gasteiger partial charge in [0.05, 0.1) is 0 Å². The molecule has 1 aromatic rings. The van der Waals surface area contributed by atoms with E-state index in [9.17, 15) is 4.79 Å². The molecule has 7 aliphatic carbocycles. The zero-order chi connectivity index (χ0) is 25.1. The molecule has 2 nitrogen and oxygen atoms in total. The summed E-state index contributed by atoms with van der Waals surface area (Å²) in [5.41, 5.74) is 4.84. The van der Waals surface area contributed by atoms with Crippen LogP contribution in [-0.2, 0) is 10.2 Å². The second kappa shape index (κ2) is 7.48. The van der Waals surface area contributed by atoms with Crippen molar-refractivity contribution in [2.24, 2.45) is 35.0 Å². The van der Waals surface area contributed by atoms with Gasteiger partial charge in [-0.3, -0.25) is 4.79 Å². The van der Waals surface area contributed by atoms with E-state index in [0.29, 0.717) is 29.5 Å². The fraction of sp³-hybridized carbons (Fsp3) is 0.781. The first-order chi connectivity index (χ1) is 16.2. The summed E-state index contributed by atoms with van der Waals surface area (Å²) in [6.45, 7) is 18.8. The number of benzene rings is 1. The molecule has 0 saturated heterocycles. The molecule has 3 atom stereocenters. The van der Waals surface area contributed by atoms with Crippen LogP contribution in [-0.4, -0.2) is 14.1 Å². The number of carbonyl (C=O) groups is 1. The molecule has 0 heterocycles. The van der Waals surface area contributed by atoms with Gasteiger partial charge in [0.2, 0.25) is 8.32 Å². The van der Waals surface area contributed by atoms with Gasteiger partial charge in [-0.25, -0.2) is 0 Å². The van der Waals surface area contributed by atoms with E-state index in [1.54, 1.807) is 5.56 Å². The fourth-order valence-corrected chi connectivity index (χ4v) is 10.5. The third-order valence-electron chi connectivity index (χ3n) is 12.2. The summed E-state index contributed by atoms with van der Waals surface area (Å²) in [6.07, 6.45) is 10.4. The number of ketones is 1. The van der Waals surface area contributed by atoms with Crippen LogP contribution in [0.5, 0.6) is 5.75 Å². The van der Waals surface area contributed by atoms with Crippen LogP contribution < -0.4 is 4.43 Å². The summed E-state index contributed by atoms with van der Waals surface area (Å²) in [6, 6.07) is 5.07. The molecule has 0 unspecified atom stereocenters. The first kappa shape index (κ1) is 24.3. The smallest absolute Gasteiger partial charge is 0.250 e. The highest BCUT2D eigenvalue weighted by molar-refractivity contribution is 6.74. The first-order valence-corrected chi connectivity index (χ1v) is 17.5. The van der Waals surface area contributed by atoms with Crippen molar-refractivity contribution in [3.63, 3.8) is 0 Å². The molecule has 3 heteroatoms. The third-order valence-corrected chi connectivity index (χ3v) is 16.5. The summed E-state index contributed by atoms with van der Waals surface area (Å²) in [7, 11) is -2.02. The Labute approximate surface area is 215 Å². The molecule has 0 N–H and O–H groups in total. The molecule has 0 radical (unpaired) electrons. The molecule has 6 bridgehead atoms. The van der Waals surface area contributed by atoms with Gasteiger partial charge in [0.25, 0.3) is 0 Å². The minimum Gasteiger partial charge on any atom is -0.543 e. The Bertz CT molecular complexity index is 1020. The standard InChI is InChI=1S/C32H48O2Si/c1-19-9-23(32-16-20-10-21(17-32)12-22(11-20)18-32)13-28(34-35(7,8)30(2,3)4)29(19)24-14-27(33)26-15-25(24)31(26,5)6/h9,13,20-22,24-26H,10-12,14-18H2,1-8H3/t20?,21?,22?,24-,25-,26+,32?/m1/s1. The van der Waals surface area contributed by atoms with Crippen molar-refractivity contribution in [3.05, 3.63) is 28.8 Å². The monoisotopic (exact) mass is 492 g/mol. The van der Waals surface area contributed by atoms with Crippen LogP contribution in [0.25, 0.3) is 0 Å². The Morgan fingerprint density at radius 3 is 2.00 bits per heavy atom. The van der Waals surface area contributed by atoms with Crippen molar-refractivity contribution in [1.82, 2.24) is 0 Å². The molecule has 0 spiro atoms. The van der Waals surface area contributed by atoms with Gasteiger partial charge in [-0.15, -0.1) is 0 Å². The SMILES string of the molecule is Cc1cc(C23CC4CC(CC(C4)C2)C3)cc(O[Si](C)(C)C(C)(C)C)c1[C@@H]1CC(=O)[C@@H]2C[C@H]1C2(C)C. The predicted octanol–water partition coefficient (Wildman–Crippen LogP) is 8.57. The number of fused-ring (bicyclic) bond motifs is 2. The maximum Gasteiger partial charge on any atom is 0.250 e. The Balaban J connectivity index is 1.46. The normalized spacial score (nSPS) is 39.5. The van der Waals surface area contributed by atoms with Crippen LogP contribution in [0.3, 0.4) is 0 Å². The molecule has 35 heavy (non-hydrogen) atoms. The maximum absolute atomic E-state index is 13.2. The lowest BCUT2D eigenvalue weighted by atomic mass is 9.44. The van der Waals surface area contributed by atoms with E-state index in [2.05, 4.69) is 66.8 Å². The molecule has 8 rings (SSSR count). The average Bonchev–Trinajstić information content (AvgIpc) is 2.70. The Kier molecular flexibility index (Phi) is 5.19. The van der Waals surface area contributed by atoms with Crippen molar-refractivity contribution in [2.45, 2.75) is 122 Å². The lowest BCUT2D eigenvalue weighted by molar-refractivity contribution is -0.151. The van der Waals surface area contributed by atoms with Gasteiger partial charge >= 0.3 is 0 Å². The van der Waals surface area contributed by atoms with Crippen molar-refractivity contribution < 1.29 is 9.22 Å². The highest BCUT2D eigenvalue weighted by atomic mass is 28.4. The zero-order valence-corrected chi connectivity index (χ0v) is 24.6. The Hall–Kier alpha value is -1.09. The molecule has 192 valence electrons. The van der Waals surface area contributed by atoms with Gasteiger partial charge in [0, 0.05) is 12.3 Å². The first-order valence-electron chi connectivity index (χ1n) is 14.6. The van der Waals surface area contributed by atoms with E-state index in [1.165, 1.54) is 49.7 Å². The van der Waals surface area contributed by atoms with E-state index in [4.69, 9.17) is 4.43 Å². The van der Waals surface area contributed by atoms with E-state index >= 15 is 0 Å². The van der Waals surface area contributed by atoms with E-state index < -0.39 is 8.32 Å². The molecular formula is C32H48O2Si. The van der Waals surface area contributed by atoms with Crippen molar-refractivity contribution in [2.75, 3.05) is 0 Å². The topological polar surface area (TPSA) is 26.3 Å². The number of Topliss-reactive ketones (excluding diaryl/α,β-unsaturated/α-hetero) is 1. The van der Waals surface area contributed by atoms with Gasteiger partial charge in [0.1, 0.15) is 11.5 Å². The highest BCUT2D eigenvalue weighted by Gasteiger charge is 2.59. The lowest BCUT2D eigenvalue weighted by Crippen LogP contribution is -2.56. The molecule has 7 aliphatic rings. The summed E-state index contributed by atoms with van der Waals surface area (Å²) in [5.74, 6) is 5.65. The Morgan fingerprint density at radius 1 is 0.943 bits per heavy atom. The third kappa shape index (κ3) is 3.56. The Morgan fingerprint density at radius 2 is 1.51 bits per heavy atom. The van der Waals surface area contributed by atoms with Gasteiger partial charge in [-0.1, -0.05) is 40.7 Å². The maximum atomic E-state index is 13.2. The summed E-state index contributed by atoms with van der Waals surface area (Å²) < 4.78 is 7.23. The van der Waals surface area contributed by atoms with Crippen LogP contribution in [0.15, 0.2) is 12.1 Å². The zero-order valence-electron chi connectivity index (χ0n) is 23.6. The van der Waals surface area contributed by atoms with E-state index in [-0.39, 0.29) is 16.4 Å². The van der Waals surface area contributed by atoms with Crippen LogP contribution in [0.1, 0.15) is 109 Å². The van der Waals surface area contributed by atoms with Gasteiger partial charge in [-0.2, -0.15) is 0 Å². The minimum atomic E-state index is -2.02. The molecule has 7 saturated carbocycles. The quantitative estimate of drug-likeness (QED) is 0.393. The molecule has 1 aromatic carbocycles. The van der Waals surface area contributed by atoms with Gasteiger partial charge in [-0.05, 0) is 133 Å². The minimum absolute atomic E-state index is 0.124. The molecule has 0 amide bonds. The summed E-state index contributed by atoms with van der Waals surface area (Å²) in [4.78, 5) is 13.2. The number of rotatable bonds is 4. The summed E-state index contributed by atoms with van der Waals surface area (Å²) >= 11 is 0. The lowest BCUT2D eigenvalue weighted by Gasteiger charge is -2.59. The fourth-order valence-electron chi connectivity index (χ4n) is 9.52. The van der Waals surface area contributed by atoms with Crippen molar-refractivity contribution in [1.29, 1.82) is 0 Å². The number of hydrogen-bond donors (Lipinski definition) is 0. The molecule has 0 aromatic heterocycles. The number of hydrogen-bond acceptors (Lipinski definition) is 2. The second-order valence-electron chi connectivity index (χ2n) is 15.8. The van der Waals surface area contributed by atoms with Crippen molar-refractivity contribution >= 4 is 14.1 Å². The van der Waals surface area contributed by atoms with Crippen molar-refractivity contribution in [3.8, 4) is 5.75 Å². The van der Waals surface area contributed by atoms with Gasteiger partial charge in [0.15, 0.2) is 0 Å². The second-order valence-corrected chi connectivity index (χ2v) is 20.5. The predicted molar refractivity (Wildman–Crippen MR) is 147 cm³/mol. The number of aryl methyl sites for hydroxylation is 1. The van der Waals surface area contributed by atoms with Crippen LogP contribution in [0.2, 0.25) is 18.1 Å². The average molecular weight is 493 g/mol. The summed E-state index contributed by atoms with van der Waals surface area (Å²) in [5, 5.41) is 0.151. The molecular weight excluding hydrogens is 444 g/mol. The van der Waals surface area contributed by atoms with Crippen LogP contribution >= 0.6 is 0 Å². The largest absolute Gasteiger partial charge is 0.543 e. The molecule has 0 aliphatic heterocycles. The van der Waals surface area contributed by atoms with Crippen LogP contribution in [0, 0.1) is 41.9 Å². The molecule has 7 fully saturated rings. The van der Waals surface area contributed by atoms with Gasteiger partial charge < -0.3 is 4.43 Å². The van der Waals surface area contributed by atoms with E-state index in [1.807, 2.05) is 0 Å². The highest BCUT2D eigenvalue weighted by Crippen LogP contribution is 2.65. The van der Waals surface area contributed by atoms with E-state index in [0.717, 1.165) is 29.9 Å². The van der Waals surface area contributed by atoms with Crippen LogP contribution in [0.4, 0.5) is 0 Å².